The molecule has 1 aliphatic carbocycles. The third-order valence-electron chi connectivity index (χ3n) is 6.37. The molecule has 1 N–H and O–H groups in total. The van der Waals surface area contributed by atoms with E-state index in [1.807, 2.05) is 0 Å². The van der Waals surface area contributed by atoms with Crippen LogP contribution in [0.1, 0.15) is 25.3 Å². The van der Waals surface area contributed by atoms with Gasteiger partial charge in [-0.1, -0.05) is 29.8 Å². The van der Waals surface area contributed by atoms with Gasteiger partial charge in [-0.25, -0.2) is 0 Å². The van der Waals surface area contributed by atoms with E-state index in [1.165, 1.54) is 22.5 Å². The number of nitrogens with one attached hydrogen (secondary N) is 1. The highest BCUT2D eigenvalue weighted by Gasteiger charge is 2.60. The number of benzene rings is 1. The van der Waals surface area contributed by atoms with Gasteiger partial charge in [0.2, 0.25) is 0 Å². The van der Waals surface area contributed by atoms with E-state index in [-0.39, 0.29) is 5.41 Å². The lowest BCUT2D eigenvalue weighted by atomic mass is 9.62. The van der Waals surface area contributed by atoms with E-state index >= 15 is 0 Å². The van der Waals surface area contributed by atoms with Crippen molar-refractivity contribution in [3.8, 4) is 0 Å². The van der Waals surface area contributed by atoms with E-state index in [2.05, 4.69) is 47.5 Å². The van der Waals surface area contributed by atoms with E-state index < -0.39 is 0 Å². The number of aldehydes is 1. The Bertz CT molecular complexity index is 748. The van der Waals surface area contributed by atoms with Gasteiger partial charge in [0.15, 0.2) is 0 Å². The molecule has 2 fully saturated rings. The van der Waals surface area contributed by atoms with E-state index in [4.69, 9.17) is 0 Å². The highest BCUT2D eigenvalue weighted by atomic mass is 16.1. The molecule has 4 aliphatic rings. The number of nitrogens with zero attached hydrogens (tertiary/aromatic N) is 1. The van der Waals surface area contributed by atoms with Crippen molar-refractivity contribution in [2.75, 3.05) is 18.4 Å². The first-order valence-electron chi connectivity index (χ1n) is 8.25. The van der Waals surface area contributed by atoms with Crippen molar-refractivity contribution in [3.05, 3.63) is 52.7 Å². The topological polar surface area (TPSA) is 32.3 Å². The second-order valence-electron chi connectivity index (χ2n) is 6.98. The molecule has 2 saturated heterocycles. The van der Waals surface area contributed by atoms with E-state index in [0.717, 1.165) is 37.8 Å². The van der Waals surface area contributed by atoms with Crippen LogP contribution in [-0.4, -0.2) is 30.3 Å². The first kappa shape index (κ1) is 12.7. The van der Waals surface area contributed by atoms with Crippen LogP contribution in [0.2, 0.25) is 0 Å². The standard InChI is InChI=1S/C19H20N2O/c1-2-12-10-21-8-7-19-15-5-3-4-6-16(15)20-18(19)14(11-22)13(12)9-17(19)21/h2-6,11,13,17,20H,7-10H2,1H3/b12-2-/t13-,17-,19-/m0/s1. The number of rotatable bonds is 1. The highest BCUT2D eigenvalue weighted by molar-refractivity contribution is 5.84. The number of anilines is 1. The van der Waals surface area contributed by atoms with Gasteiger partial charge in [0, 0.05) is 42.0 Å². The van der Waals surface area contributed by atoms with Crippen LogP contribution in [0.15, 0.2) is 47.2 Å². The number of allylic oxidation sites excluding steroid dienone is 2. The van der Waals surface area contributed by atoms with Crippen LogP contribution in [0.5, 0.6) is 0 Å². The smallest absolute Gasteiger partial charge is 0.148 e. The molecule has 0 unspecified atom stereocenters. The predicted molar refractivity (Wildman–Crippen MR) is 86.7 cm³/mol. The van der Waals surface area contributed by atoms with Crippen molar-refractivity contribution in [2.24, 2.45) is 5.92 Å². The number of fused-ring (bicyclic) bond motifs is 2. The molecule has 3 nitrogen and oxygen atoms in total. The van der Waals surface area contributed by atoms with Gasteiger partial charge in [-0.15, -0.1) is 0 Å². The summed E-state index contributed by atoms with van der Waals surface area (Å²) in [5.41, 5.74) is 6.25. The number of hydrogen-bond acceptors (Lipinski definition) is 3. The fourth-order valence-corrected chi connectivity index (χ4v) is 5.44. The van der Waals surface area contributed by atoms with Gasteiger partial charge >= 0.3 is 0 Å². The molecule has 2 bridgehead atoms. The molecule has 112 valence electrons. The van der Waals surface area contributed by atoms with Crippen molar-refractivity contribution in [1.82, 2.24) is 4.90 Å². The minimum absolute atomic E-state index is 0.0304. The summed E-state index contributed by atoms with van der Waals surface area (Å²) in [7, 11) is 0. The third kappa shape index (κ3) is 1.25. The minimum Gasteiger partial charge on any atom is -0.358 e. The fraction of sp³-hybridized carbons (Fsp3) is 0.421. The Kier molecular flexibility index (Phi) is 2.36. The van der Waals surface area contributed by atoms with Crippen LogP contribution in [0.3, 0.4) is 0 Å². The molecule has 3 atom stereocenters. The minimum atomic E-state index is 0.0304. The zero-order valence-corrected chi connectivity index (χ0v) is 12.8. The highest BCUT2D eigenvalue weighted by Crippen LogP contribution is 2.60. The van der Waals surface area contributed by atoms with Gasteiger partial charge in [-0.3, -0.25) is 9.69 Å². The second kappa shape index (κ2) is 4.11. The summed E-state index contributed by atoms with van der Waals surface area (Å²) in [6.45, 7) is 4.26. The molecule has 1 aromatic carbocycles. The number of hydrogen-bond donors (Lipinski definition) is 1. The maximum absolute atomic E-state index is 11.9. The summed E-state index contributed by atoms with van der Waals surface area (Å²) in [4.78, 5) is 14.6. The van der Waals surface area contributed by atoms with E-state index in [9.17, 15) is 4.79 Å². The predicted octanol–water partition coefficient (Wildman–Crippen LogP) is 2.86. The molecule has 1 spiro atoms. The van der Waals surface area contributed by atoms with Gasteiger partial charge in [-0.2, -0.15) is 0 Å². The Balaban J connectivity index is 1.83. The molecule has 0 aromatic heterocycles. The summed E-state index contributed by atoms with van der Waals surface area (Å²) in [6, 6.07) is 9.16. The largest absolute Gasteiger partial charge is 0.358 e. The van der Waals surface area contributed by atoms with Crippen LogP contribution in [0.25, 0.3) is 0 Å². The van der Waals surface area contributed by atoms with E-state index in [0.29, 0.717) is 12.0 Å². The lowest BCUT2D eigenvalue weighted by molar-refractivity contribution is -0.105. The van der Waals surface area contributed by atoms with Crippen LogP contribution in [0, 0.1) is 5.92 Å². The van der Waals surface area contributed by atoms with Crippen LogP contribution in [0.4, 0.5) is 5.69 Å². The zero-order valence-electron chi connectivity index (χ0n) is 12.8. The quantitative estimate of drug-likeness (QED) is 0.638. The number of piperidine rings is 1. The van der Waals surface area contributed by atoms with Crippen LogP contribution < -0.4 is 5.32 Å². The number of para-hydroxylation sites is 1. The Hall–Kier alpha value is -1.87. The normalized spacial score (nSPS) is 37.0. The number of carbonyl (C=O) groups is 1. The van der Waals surface area contributed by atoms with Crippen molar-refractivity contribution < 1.29 is 4.79 Å². The van der Waals surface area contributed by atoms with E-state index in [1.54, 1.807) is 0 Å². The summed E-state index contributed by atoms with van der Waals surface area (Å²) in [5, 5.41) is 3.62. The van der Waals surface area contributed by atoms with Crippen molar-refractivity contribution in [3.63, 3.8) is 0 Å². The molecule has 0 radical (unpaired) electrons. The Labute approximate surface area is 130 Å². The molecule has 3 heterocycles. The first-order chi connectivity index (χ1) is 10.8. The molecular weight excluding hydrogens is 272 g/mol. The Morgan fingerprint density at radius 3 is 3.05 bits per heavy atom. The SMILES string of the molecule is C/C=C1/CN2CC[C@@]34C(=C(C=O)[C@H]1C[C@H]23)Nc1ccccc14. The van der Waals surface area contributed by atoms with Crippen molar-refractivity contribution in [1.29, 1.82) is 0 Å². The maximum Gasteiger partial charge on any atom is 0.148 e. The molecule has 3 heteroatoms. The monoisotopic (exact) mass is 292 g/mol. The Morgan fingerprint density at radius 2 is 2.23 bits per heavy atom. The van der Waals surface area contributed by atoms with Crippen molar-refractivity contribution >= 4 is 12.0 Å². The molecule has 3 aliphatic heterocycles. The molecular formula is C19H20N2O. The van der Waals surface area contributed by atoms with Gasteiger partial charge in [0.05, 0.1) is 5.41 Å². The van der Waals surface area contributed by atoms with Gasteiger partial charge in [-0.05, 0) is 31.4 Å². The molecule has 0 saturated carbocycles. The second-order valence-corrected chi connectivity index (χ2v) is 6.98. The zero-order chi connectivity index (χ0) is 14.9. The van der Waals surface area contributed by atoms with Crippen LogP contribution >= 0.6 is 0 Å². The average Bonchev–Trinajstić information content (AvgIpc) is 3.11. The molecule has 22 heavy (non-hydrogen) atoms. The third-order valence-corrected chi connectivity index (χ3v) is 6.37. The fourth-order valence-electron chi connectivity index (χ4n) is 5.44. The molecule has 5 rings (SSSR count). The summed E-state index contributed by atoms with van der Waals surface area (Å²) in [6.07, 6.45) is 5.55. The first-order valence-corrected chi connectivity index (χ1v) is 8.25. The molecule has 0 amide bonds. The molecule has 1 aromatic rings. The number of carbonyl (C=O) groups excluding carboxylic acids is 1. The van der Waals surface area contributed by atoms with Gasteiger partial charge in [0.25, 0.3) is 0 Å². The maximum atomic E-state index is 11.9. The van der Waals surface area contributed by atoms with Crippen molar-refractivity contribution in [2.45, 2.75) is 31.2 Å². The summed E-state index contributed by atoms with van der Waals surface area (Å²) >= 11 is 0. The van der Waals surface area contributed by atoms with Gasteiger partial charge in [0.1, 0.15) is 6.29 Å². The summed E-state index contributed by atoms with van der Waals surface area (Å²) < 4.78 is 0. The average molecular weight is 292 g/mol. The van der Waals surface area contributed by atoms with Crippen LogP contribution in [-0.2, 0) is 10.2 Å². The summed E-state index contributed by atoms with van der Waals surface area (Å²) in [5.74, 6) is 0.312. The van der Waals surface area contributed by atoms with Gasteiger partial charge < -0.3 is 5.32 Å². The lowest BCUT2D eigenvalue weighted by Gasteiger charge is -2.48. The Morgan fingerprint density at radius 1 is 1.36 bits per heavy atom. The lowest BCUT2D eigenvalue weighted by Crippen LogP contribution is -2.52.